The lowest BCUT2D eigenvalue weighted by molar-refractivity contribution is -0.134. The first-order chi connectivity index (χ1) is 17.3. The van der Waals surface area contributed by atoms with Gasteiger partial charge in [-0.1, -0.05) is 50.1 Å². The van der Waals surface area contributed by atoms with E-state index in [2.05, 4.69) is 34.3 Å². The fraction of sp³-hybridized carbons (Fsp3) is 0.370. The highest BCUT2D eigenvalue weighted by Crippen LogP contribution is 2.52. The number of hydrogen-bond acceptors (Lipinski definition) is 6. The SMILES string of the molecule is CCCCC1(c2ccc(CN(Cc3cccc(NCC(=O)O)n3)S(=O)(=O)c3ccncc3)cc2)CC1. The van der Waals surface area contributed by atoms with Crippen molar-refractivity contribution in [2.45, 2.75) is 62.4 Å². The summed E-state index contributed by atoms with van der Waals surface area (Å²) in [5.74, 6) is -0.627. The van der Waals surface area contributed by atoms with Crippen molar-refractivity contribution in [1.29, 1.82) is 0 Å². The van der Waals surface area contributed by atoms with E-state index < -0.39 is 16.0 Å². The highest BCUT2D eigenvalue weighted by molar-refractivity contribution is 7.89. The van der Waals surface area contributed by atoms with E-state index in [0.29, 0.717) is 16.9 Å². The number of aromatic nitrogens is 2. The van der Waals surface area contributed by atoms with E-state index >= 15 is 0 Å². The Morgan fingerprint density at radius 2 is 1.78 bits per heavy atom. The number of nitrogens with one attached hydrogen (secondary N) is 1. The third-order valence-corrected chi connectivity index (χ3v) is 8.45. The van der Waals surface area contributed by atoms with Gasteiger partial charge in [0, 0.05) is 18.9 Å². The van der Waals surface area contributed by atoms with Crippen molar-refractivity contribution in [1.82, 2.24) is 14.3 Å². The molecule has 0 aliphatic heterocycles. The summed E-state index contributed by atoms with van der Waals surface area (Å²) in [7, 11) is -3.84. The van der Waals surface area contributed by atoms with Gasteiger partial charge in [0.1, 0.15) is 12.4 Å². The predicted molar refractivity (Wildman–Crippen MR) is 138 cm³/mol. The van der Waals surface area contributed by atoms with E-state index in [0.717, 1.165) is 5.56 Å². The van der Waals surface area contributed by atoms with Crippen LogP contribution in [0.15, 0.2) is 71.9 Å². The van der Waals surface area contributed by atoms with Crippen LogP contribution in [-0.2, 0) is 33.3 Å². The first kappa shape index (κ1) is 25.8. The highest BCUT2D eigenvalue weighted by atomic mass is 32.2. The van der Waals surface area contributed by atoms with E-state index in [1.165, 1.54) is 66.5 Å². The Kier molecular flexibility index (Phi) is 8.01. The first-order valence-electron chi connectivity index (χ1n) is 12.2. The van der Waals surface area contributed by atoms with Gasteiger partial charge in [0.25, 0.3) is 0 Å². The zero-order valence-corrected chi connectivity index (χ0v) is 21.2. The van der Waals surface area contributed by atoms with Crippen LogP contribution >= 0.6 is 0 Å². The zero-order chi connectivity index (χ0) is 25.6. The molecule has 0 unspecified atom stereocenters. The lowest BCUT2D eigenvalue weighted by Gasteiger charge is -2.23. The molecule has 1 aliphatic carbocycles. The normalized spacial score (nSPS) is 14.5. The quantitative estimate of drug-likeness (QED) is 0.347. The summed E-state index contributed by atoms with van der Waals surface area (Å²) < 4.78 is 28.5. The number of hydrogen-bond donors (Lipinski definition) is 2. The van der Waals surface area contributed by atoms with Crippen LogP contribution in [0, 0.1) is 0 Å². The van der Waals surface area contributed by atoms with Gasteiger partial charge in [-0.05, 0) is 60.1 Å². The van der Waals surface area contributed by atoms with E-state index in [-0.39, 0.29) is 24.5 Å². The molecule has 1 aliphatic rings. The molecule has 4 rings (SSSR count). The van der Waals surface area contributed by atoms with Crippen LogP contribution in [-0.4, -0.2) is 40.3 Å². The van der Waals surface area contributed by atoms with E-state index in [9.17, 15) is 13.2 Å². The number of benzene rings is 1. The summed E-state index contributed by atoms with van der Waals surface area (Å²) in [5, 5.41) is 11.7. The largest absolute Gasteiger partial charge is 0.480 e. The van der Waals surface area contributed by atoms with Crippen molar-refractivity contribution in [2.24, 2.45) is 0 Å². The van der Waals surface area contributed by atoms with Gasteiger partial charge in [0.2, 0.25) is 10.0 Å². The smallest absolute Gasteiger partial charge is 0.322 e. The number of aliphatic carboxylic acids is 1. The number of nitrogens with zero attached hydrogens (tertiary/aromatic N) is 3. The molecule has 2 aromatic heterocycles. The second-order valence-corrected chi connectivity index (χ2v) is 11.2. The Hall–Kier alpha value is -3.30. The van der Waals surface area contributed by atoms with Crippen molar-refractivity contribution in [3.05, 3.63) is 83.8 Å². The summed E-state index contributed by atoms with van der Waals surface area (Å²) in [4.78, 5) is 19.4. The monoisotopic (exact) mass is 508 g/mol. The van der Waals surface area contributed by atoms with Gasteiger partial charge in [0.05, 0.1) is 17.1 Å². The molecular formula is C27H32N4O4S. The number of carbonyl (C=O) groups is 1. The molecule has 0 bridgehead atoms. The number of rotatable bonds is 13. The van der Waals surface area contributed by atoms with E-state index in [1.54, 1.807) is 18.2 Å². The molecule has 0 amide bonds. The average molecular weight is 509 g/mol. The molecule has 1 saturated carbocycles. The standard InChI is InChI=1S/C27H32N4O4S/c1-2-3-13-27(14-15-27)22-9-7-21(8-10-22)19-31(36(34,35)24-11-16-28-17-12-24)20-23-5-4-6-25(30-23)29-18-26(32)33/h4-12,16-17H,2-3,13-15,18-20H2,1H3,(H,29,30)(H,32,33). The van der Waals surface area contributed by atoms with Crippen LogP contribution < -0.4 is 5.32 Å². The summed E-state index contributed by atoms with van der Waals surface area (Å²) in [6.07, 6.45) is 8.94. The van der Waals surface area contributed by atoms with Crippen LogP contribution in [0.25, 0.3) is 0 Å². The Balaban J connectivity index is 1.58. The van der Waals surface area contributed by atoms with E-state index in [1.807, 2.05) is 12.1 Å². The fourth-order valence-corrected chi connectivity index (χ4v) is 5.80. The predicted octanol–water partition coefficient (Wildman–Crippen LogP) is 4.59. The minimum atomic E-state index is -3.84. The van der Waals surface area contributed by atoms with Gasteiger partial charge in [-0.15, -0.1) is 0 Å². The molecule has 0 radical (unpaired) electrons. The first-order valence-corrected chi connectivity index (χ1v) is 13.7. The number of unbranched alkanes of at least 4 members (excludes halogenated alkanes) is 1. The van der Waals surface area contributed by atoms with Crippen molar-refractivity contribution < 1.29 is 18.3 Å². The topological polar surface area (TPSA) is 112 Å². The van der Waals surface area contributed by atoms with Gasteiger partial charge >= 0.3 is 5.97 Å². The van der Waals surface area contributed by atoms with Crippen LogP contribution in [0.4, 0.5) is 5.82 Å². The summed E-state index contributed by atoms with van der Waals surface area (Å²) in [6, 6.07) is 16.4. The Morgan fingerprint density at radius 3 is 2.42 bits per heavy atom. The van der Waals surface area contributed by atoms with Gasteiger partial charge in [-0.3, -0.25) is 9.78 Å². The molecule has 36 heavy (non-hydrogen) atoms. The zero-order valence-electron chi connectivity index (χ0n) is 20.4. The lowest BCUT2D eigenvalue weighted by atomic mass is 9.90. The molecule has 2 N–H and O–H groups in total. The number of anilines is 1. The minimum Gasteiger partial charge on any atom is -0.480 e. The third-order valence-electron chi connectivity index (χ3n) is 6.64. The maximum absolute atomic E-state index is 13.6. The van der Waals surface area contributed by atoms with Gasteiger partial charge < -0.3 is 10.4 Å². The maximum Gasteiger partial charge on any atom is 0.322 e. The molecule has 0 atom stereocenters. The molecular weight excluding hydrogens is 476 g/mol. The van der Waals surface area contributed by atoms with Crippen LogP contribution in [0.3, 0.4) is 0 Å². The van der Waals surface area contributed by atoms with Crippen molar-refractivity contribution >= 4 is 21.8 Å². The minimum absolute atomic E-state index is 0.0371. The number of sulfonamides is 1. The van der Waals surface area contributed by atoms with Crippen molar-refractivity contribution in [2.75, 3.05) is 11.9 Å². The van der Waals surface area contributed by atoms with Crippen molar-refractivity contribution in [3.63, 3.8) is 0 Å². The van der Waals surface area contributed by atoms with Crippen LogP contribution in [0.2, 0.25) is 0 Å². The fourth-order valence-electron chi connectivity index (χ4n) is 4.41. The molecule has 190 valence electrons. The second-order valence-electron chi connectivity index (χ2n) is 9.30. The van der Waals surface area contributed by atoms with Gasteiger partial charge in [-0.2, -0.15) is 4.31 Å². The number of carboxylic acids is 1. The van der Waals surface area contributed by atoms with Gasteiger partial charge in [-0.25, -0.2) is 13.4 Å². The van der Waals surface area contributed by atoms with Crippen LogP contribution in [0.1, 0.15) is 55.8 Å². The average Bonchev–Trinajstić information content (AvgIpc) is 3.68. The van der Waals surface area contributed by atoms with Gasteiger partial charge in [0.15, 0.2) is 0 Å². The number of pyridine rings is 2. The molecule has 8 nitrogen and oxygen atoms in total. The molecule has 1 aromatic carbocycles. The second kappa shape index (κ2) is 11.2. The highest BCUT2D eigenvalue weighted by Gasteiger charge is 2.43. The Labute approximate surface area is 212 Å². The van der Waals surface area contributed by atoms with E-state index in [4.69, 9.17) is 5.11 Å². The molecule has 0 saturated heterocycles. The molecule has 3 aromatic rings. The maximum atomic E-state index is 13.6. The Morgan fingerprint density at radius 1 is 1.06 bits per heavy atom. The number of carboxylic acid groups (broad SMARTS) is 1. The molecule has 0 spiro atoms. The molecule has 9 heteroatoms. The summed E-state index contributed by atoms with van der Waals surface area (Å²) in [5.41, 5.74) is 3.03. The summed E-state index contributed by atoms with van der Waals surface area (Å²) in [6.45, 7) is 2.15. The van der Waals surface area contributed by atoms with Crippen LogP contribution in [0.5, 0.6) is 0 Å². The third kappa shape index (κ3) is 6.27. The lowest BCUT2D eigenvalue weighted by Crippen LogP contribution is -2.30. The summed E-state index contributed by atoms with van der Waals surface area (Å²) >= 11 is 0. The molecule has 1 fully saturated rings. The molecule has 2 heterocycles. The Bertz CT molecular complexity index is 1280. The van der Waals surface area contributed by atoms with Crippen molar-refractivity contribution in [3.8, 4) is 0 Å².